The maximum Gasteiger partial charge on any atom is 0.490 e. The van der Waals surface area contributed by atoms with Crippen molar-refractivity contribution in [2.45, 2.75) is 51.1 Å². The van der Waals surface area contributed by atoms with Crippen molar-refractivity contribution in [3.05, 3.63) is 51.7 Å². The molecule has 212 valence electrons. The fourth-order valence-corrected chi connectivity index (χ4v) is 4.28. The van der Waals surface area contributed by atoms with Gasteiger partial charge in [-0.3, -0.25) is 9.69 Å². The molecule has 2 saturated heterocycles. The van der Waals surface area contributed by atoms with Crippen molar-refractivity contribution < 1.29 is 41.3 Å². The number of aliphatic carboxylic acids is 1. The predicted molar refractivity (Wildman–Crippen MR) is 126 cm³/mol. The van der Waals surface area contributed by atoms with E-state index < -0.39 is 23.8 Å². The molecule has 0 aliphatic carbocycles. The van der Waals surface area contributed by atoms with Crippen LogP contribution >= 0.6 is 0 Å². The van der Waals surface area contributed by atoms with Crippen LogP contribution in [-0.2, 0) is 9.53 Å². The Morgan fingerprint density at radius 2 is 1.85 bits per heavy atom. The van der Waals surface area contributed by atoms with Crippen LogP contribution in [0.2, 0.25) is 0 Å². The second-order valence-electron chi connectivity index (χ2n) is 9.30. The molecule has 0 bridgehead atoms. The highest BCUT2D eigenvalue weighted by molar-refractivity contribution is 5.73. The van der Waals surface area contributed by atoms with Gasteiger partial charge < -0.3 is 19.6 Å². The third-order valence-corrected chi connectivity index (χ3v) is 6.61. The number of ether oxygens (including phenoxy) is 2. The van der Waals surface area contributed by atoms with Crippen molar-refractivity contribution in [2.75, 3.05) is 26.3 Å². The molecule has 2 fully saturated rings. The van der Waals surface area contributed by atoms with Crippen molar-refractivity contribution >= 4 is 17.0 Å². The SMILES string of the molecule is Cc1ccc(OC2CN(C(C)c3nc4c(cnn4C4CCOCC4)c(=O)[nH]3)C2)c(F)c1F.O=C(O)C(F)(F)F. The van der Waals surface area contributed by atoms with E-state index in [1.807, 2.05) is 11.6 Å². The van der Waals surface area contributed by atoms with E-state index in [0.29, 0.717) is 43.2 Å². The van der Waals surface area contributed by atoms with E-state index in [1.54, 1.807) is 6.20 Å². The van der Waals surface area contributed by atoms with Crippen LogP contribution in [0.5, 0.6) is 5.75 Å². The average Bonchev–Trinajstić information content (AvgIpc) is 3.30. The molecule has 2 N–H and O–H groups in total. The van der Waals surface area contributed by atoms with Gasteiger partial charge in [-0.25, -0.2) is 18.9 Å². The molecule has 0 amide bonds. The topological polar surface area (TPSA) is 123 Å². The summed E-state index contributed by atoms with van der Waals surface area (Å²) in [7, 11) is 0. The number of alkyl halides is 3. The number of aromatic amines is 1. The highest BCUT2D eigenvalue weighted by Gasteiger charge is 2.38. The summed E-state index contributed by atoms with van der Waals surface area (Å²) in [4.78, 5) is 31.2. The molecule has 0 saturated carbocycles. The lowest BCUT2D eigenvalue weighted by Gasteiger charge is -2.42. The quantitative estimate of drug-likeness (QED) is 0.456. The average molecular weight is 559 g/mol. The van der Waals surface area contributed by atoms with Gasteiger partial charge in [0, 0.05) is 26.3 Å². The van der Waals surface area contributed by atoms with E-state index in [9.17, 15) is 26.7 Å². The second kappa shape index (κ2) is 11.3. The maximum absolute atomic E-state index is 14.1. The molecule has 5 rings (SSSR count). The van der Waals surface area contributed by atoms with Gasteiger partial charge in [0.25, 0.3) is 5.56 Å². The number of hydrogen-bond acceptors (Lipinski definition) is 7. The maximum atomic E-state index is 14.1. The molecule has 3 aromatic rings. The summed E-state index contributed by atoms with van der Waals surface area (Å²) in [5.41, 5.74) is 0.595. The summed E-state index contributed by atoms with van der Waals surface area (Å²) in [6, 6.07) is 2.93. The number of carbonyl (C=O) groups is 1. The van der Waals surface area contributed by atoms with Crippen molar-refractivity contribution in [2.24, 2.45) is 0 Å². The standard InChI is InChI=1S/C22H25F2N5O3.C2HF3O2/c1-12-3-4-17(19(24)18(12)23)32-15-10-28(11-15)13(2)20-26-21-16(22(30)27-20)9-25-29(21)14-5-7-31-8-6-14;3-2(4,5)1(6)7/h3-4,9,13-15H,5-8,10-11H2,1-2H3,(H,26,27,30);(H,6,7). The number of aryl methyl sites for hydroxylation is 1. The van der Waals surface area contributed by atoms with Gasteiger partial charge in [0.15, 0.2) is 17.2 Å². The number of carboxylic acid groups (broad SMARTS) is 1. The minimum atomic E-state index is -5.08. The third-order valence-electron chi connectivity index (χ3n) is 6.61. The zero-order valence-electron chi connectivity index (χ0n) is 21.0. The Labute approximate surface area is 218 Å². The van der Waals surface area contributed by atoms with Crippen LogP contribution < -0.4 is 10.3 Å². The Balaban J connectivity index is 0.000000448. The number of benzene rings is 1. The van der Waals surface area contributed by atoms with E-state index in [1.165, 1.54) is 19.1 Å². The molecule has 4 heterocycles. The van der Waals surface area contributed by atoms with Gasteiger partial charge in [-0.1, -0.05) is 6.07 Å². The minimum absolute atomic E-state index is 0.0845. The number of aromatic nitrogens is 4. The zero-order valence-corrected chi connectivity index (χ0v) is 21.0. The summed E-state index contributed by atoms with van der Waals surface area (Å²) in [6.45, 7) is 5.81. The van der Waals surface area contributed by atoms with Gasteiger partial charge in [-0.05, 0) is 38.3 Å². The normalized spacial score (nSPS) is 17.8. The molecule has 0 spiro atoms. The van der Waals surface area contributed by atoms with Crippen LogP contribution in [0.3, 0.4) is 0 Å². The number of likely N-dealkylation sites (tertiary alicyclic amines) is 1. The van der Waals surface area contributed by atoms with Crippen LogP contribution in [0, 0.1) is 18.6 Å². The lowest BCUT2D eigenvalue weighted by atomic mass is 10.1. The Morgan fingerprint density at radius 1 is 1.21 bits per heavy atom. The third kappa shape index (κ3) is 6.19. The first-order valence-corrected chi connectivity index (χ1v) is 12.1. The first kappa shape index (κ1) is 28.4. The molecular weight excluding hydrogens is 533 g/mol. The zero-order chi connectivity index (χ0) is 28.5. The van der Waals surface area contributed by atoms with Gasteiger partial charge in [-0.15, -0.1) is 0 Å². The lowest BCUT2D eigenvalue weighted by Crippen LogP contribution is -2.54. The molecule has 2 aromatic heterocycles. The Morgan fingerprint density at radius 3 is 2.46 bits per heavy atom. The molecule has 2 aliphatic rings. The van der Waals surface area contributed by atoms with Crippen molar-refractivity contribution in [1.82, 2.24) is 24.6 Å². The fourth-order valence-electron chi connectivity index (χ4n) is 4.28. The molecule has 2 aliphatic heterocycles. The minimum Gasteiger partial charge on any atom is -0.485 e. The van der Waals surface area contributed by atoms with E-state index in [4.69, 9.17) is 24.4 Å². The number of carboxylic acids is 1. The molecular formula is C24H26F5N5O5. The number of fused-ring (bicyclic) bond motifs is 1. The van der Waals surface area contributed by atoms with Crippen LogP contribution in [0.1, 0.15) is 43.2 Å². The molecule has 1 unspecified atom stereocenters. The molecule has 1 atom stereocenters. The van der Waals surface area contributed by atoms with Crippen LogP contribution in [0.15, 0.2) is 23.1 Å². The highest BCUT2D eigenvalue weighted by Crippen LogP contribution is 2.29. The second-order valence-corrected chi connectivity index (χ2v) is 9.30. The predicted octanol–water partition coefficient (Wildman–Crippen LogP) is 3.52. The van der Waals surface area contributed by atoms with Gasteiger partial charge in [0.05, 0.1) is 18.3 Å². The van der Waals surface area contributed by atoms with Crippen LogP contribution in [0.4, 0.5) is 22.0 Å². The number of rotatable bonds is 5. The molecule has 39 heavy (non-hydrogen) atoms. The van der Waals surface area contributed by atoms with E-state index in [2.05, 4.69) is 15.0 Å². The highest BCUT2D eigenvalue weighted by atomic mass is 19.4. The van der Waals surface area contributed by atoms with Gasteiger partial charge in [0.1, 0.15) is 17.3 Å². The number of nitrogens with one attached hydrogen (secondary N) is 1. The molecule has 1 aromatic carbocycles. The van der Waals surface area contributed by atoms with E-state index >= 15 is 0 Å². The Bertz CT molecular complexity index is 1400. The summed E-state index contributed by atoms with van der Waals surface area (Å²) >= 11 is 0. The van der Waals surface area contributed by atoms with Gasteiger partial charge in [-0.2, -0.15) is 22.7 Å². The van der Waals surface area contributed by atoms with Crippen molar-refractivity contribution in [3.63, 3.8) is 0 Å². The summed E-state index contributed by atoms with van der Waals surface area (Å²) in [5.74, 6) is -4.15. The van der Waals surface area contributed by atoms with E-state index in [0.717, 1.165) is 12.8 Å². The number of hydrogen-bond donors (Lipinski definition) is 2. The first-order chi connectivity index (χ1) is 18.4. The van der Waals surface area contributed by atoms with Crippen molar-refractivity contribution in [1.29, 1.82) is 0 Å². The smallest absolute Gasteiger partial charge is 0.485 e. The van der Waals surface area contributed by atoms with Crippen LogP contribution in [-0.4, -0.2) is 74.3 Å². The Hall–Kier alpha value is -3.59. The molecule has 0 radical (unpaired) electrons. The van der Waals surface area contributed by atoms with Gasteiger partial charge >= 0.3 is 12.1 Å². The first-order valence-electron chi connectivity index (χ1n) is 12.1. The number of halogens is 5. The molecule has 10 nitrogen and oxygen atoms in total. The van der Waals surface area contributed by atoms with E-state index in [-0.39, 0.29) is 35.1 Å². The summed E-state index contributed by atoms with van der Waals surface area (Å²) in [6.07, 6.45) is -2.12. The summed E-state index contributed by atoms with van der Waals surface area (Å²) in [5, 5.41) is 12.0. The largest absolute Gasteiger partial charge is 0.490 e. The number of H-pyrrole nitrogens is 1. The van der Waals surface area contributed by atoms with Crippen molar-refractivity contribution in [3.8, 4) is 5.75 Å². The number of nitrogens with zero attached hydrogens (tertiary/aromatic N) is 4. The molecule has 15 heteroatoms. The fraction of sp³-hybridized carbons (Fsp3) is 0.500. The Kier molecular flexibility index (Phi) is 8.20. The summed E-state index contributed by atoms with van der Waals surface area (Å²) < 4.78 is 72.5. The monoisotopic (exact) mass is 559 g/mol. The lowest BCUT2D eigenvalue weighted by molar-refractivity contribution is -0.192. The van der Waals surface area contributed by atoms with Gasteiger partial charge in [0.2, 0.25) is 5.82 Å². The van der Waals surface area contributed by atoms with Crippen LogP contribution in [0.25, 0.3) is 11.0 Å².